The molecule has 8 nitrogen and oxygen atoms in total. The minimum absolute atomic E-state index is 0.0238. The lowest BCUT2D eigenvalue weighted by atomic mass is 9.89. The predicted molar refractivity (Wildman–Crippen MR) is 114 cm³/mol. The van der Waals surface area contributed by atoms with Crippen LogP contribution < -0.4 is 15.4 Å². The molecule has 1 fully saturated rings. The Kier molecular flexibility index (Phi) is 5.46. The number of primary amides is 1. The van der Waals surface area contributed by atoms with Crippen molar-refractivity contribution < 1.29 is 13.2 Å². The molecule has 1 aromatic carbocycles. The van der Waals surface area contributed by atoms with Gasteiger partial charge in [-0.05, 0) is 56.9 Å². The molecule has 2 aromatic rings. The number of hydrogen-bond acceptors (Lipinski definition) is 6. The van der Waals surface area contributed by atoms with Gasteiger partial charge < -0.3 is 10.6 Å². The Morgan fingerprint density at radius 1 is 1.27 bits per heavy atom. The largest absolute Gasteiger partial charge is 0.369 e. The summed E-state index contributed by atoms with van der Waals surface area (Å²) in [5, 5.41) is 0.524. The van der Waals surface area contributed by atoms with Gasteiger partial charge in [0.1, 0.15) is 10.9 Å². The van der Waals surface area contributed by atoms with E-state index in [1.165, 1.54) is 12.4 Å². The smallest absolute Gasteiger partial charge is 0.243 e. The number of amides is 1. The van der Waals surface area contributed by atoms with Crippen molar-refractivity contribution in [1.82, 2.24) is 14.7 Å². The van der Waals surface area contributed by atoms with Gasteiger partial charge in [-0.2, -0.15) is 0 Å². The van der Waals surface area contributed by atoms with E-state index in [9.17, 15) is 13.2 Å². The molecule has 0 radical (unpaired) electrons. The van der Waals surface area contributed by atoms with Crippen LogP contribution in [0.25, 0.3) is 0 Å². The molecule has 2 atom stereocenters. The van der Waals surface area contributed by atoms with Crippen molar-refractivity contribution in [2.45, 2.75) is 62.0 Å². The molecule has 1 aliphatic heterocycles. The zero-order valence-corrected chi connectivity index (χ0v) is 18.3. The zero-order valence-electron chi connectivity index (χ0n) is 16.7. The van der Waals surface area contributed by atoms with E-state index in [1.54, 1.807) is 26.0 Å². The normalized spacial score (nSPS) is 21.5. The lowest BCUT2D eigenvalue weighted by Gasteiger charge is -2.41. The summed E-state index contributed by atoms with van der Waals surface area (Å²) in [7, 11) is -3.71. The molecular weight excluding hydrogens is 426 g/mol. The van der Waals surface area contributed by atoms with Gasteiger partial charge in [-0.1, -0.05) is 11.6 Å². The maximum atomic E-state index is 12.5. The number of benzene rings is 1. The van der Waals surface area contributed by atoms with Gasteiger partial charge in [0.2, 0.25) is 15.9 Å². The number of nitrogens with one attached hydrogen (secondary N) is 1. The average Bonchev–Trinajstić information content (AvgIpc) is 2.93. The number of sulfonamides is 1. The molecule has 1 amide bonds. The van der Waals surface area contributed by atoms with Crippen molar-refractivity contribution in [3.05, 3.63) is 47.0 Å². The summed E-state index contributed by atoms with van der Waals surface area (Å²) in [4.78, 5) is 23.3. The fourth-order valence-corrected chi connectivity index (χ4v) is 5.48. The first-order chi connectivity index (χ1) is 14.2. The number of aromatic nitrogens is 2. The minimum Gasteiger partial charge on any atom is -0.369 e. The van der Waals surface area contributed by atoms with Crippen LogP contribution in [0.2, 0.25) is 5.02 Å². The van der Waals surface area contributed by atoms with Crippen LogP contribution in [-0.4, -0.2) is 36.4 Å². The Bertz CT molecular complexity index is 1070. The van der Waals surface area contributed by atoms with Crippen molar-refractivity contribution >= 4 is 33.2 Å². The van der Waals surface area contributed by atoms with E-state index in [2.05, 4.69) is 19.6 Å². The van der Waals surface area contributed by atoms with Crippen LogP contribution in [0.4, 0.5) is 5.69 Å². The molecule has 2 heterocycles. The lowest BCUT2D eigenvalue weighted by Crippen LogP contribution is -2.43. The summed E-state index contributed by atoms with van der Waals surface area (Å²) in [6, 6.07) is 4.95. The summed E-state index contributed by atoms with van der Waals surface area (Å²) in [5.74, 6) is -0.802. The van der Waals surface area contributed by atoms with Crippen LogP contribution in [-0.2, 0) is 14.8 Å². The topological polar surface area (TPSA) is 118 Å². The molecule has 10 heteroatoms. The number of nitrogens with zero attached hydrogens (tertiary/aromatic N) is 3. The number of carbonyl (C=O) groups excluding carboxylic acids is 1. The second-order valence-electron chi connectivity index (χ2n) is 8.07. The molecule has 4 rings (SSSR count). The molecule has 2 aliphatic rings. The monoisotopic (exact) mass is 449 g/mol. The number of anilines is 1. The van der Waals surface area contributed by atoms with Crippen molar-refractivity contribution in [1.29, 1.82) is 0 Å². The van der Waals surface area contributed by atoms with Gasteiger partial charge in [-0.15, -0.1) is 0 Å². The van der Waals surface area contributed by atoms with Gasteiger partial charge in [0.15, 0.2) is 5.82 Å². The summed E-state index contributed by atoms with van der Waals surface area (Å²) < 4.78 is 27.3. The van der Waals surface area contributed by atoms with E-state index in [0.717, 1.165) is 30.5 Å². The summed E-state index contributed by atoms with van der Waals surface area (Å²) in [5.41, 5.74) is 7.46. The zero-order chi connectivity index (χ0) is 21.6. The molecule has 30 heavy (non-hydrogen) atoms. The average molecular weight is 450 g/mol. The van der Waals surface area contributed by atoms with Gasteiger partial charge in [-0.25, -0.2) is 23.1 Å². The highest BCUT2D eigenvalue weighted by atomic mass is 35.5. The summed E-state index contributed by atoms with van der Waals surface area (Å²) in [6.07, 6.45) is 5.65. The van der Waals surface area contributed by atoms with Crippen molar-refractivity contribution in [2.75, 3.05) is 4.90 Å². The molecule has 160 valence electrons. The molecule has 0 saturated heterocycles. The Balaban J connectivity index is 1.77. The Morgan fingerprint density at radius 2 is 1.93 bits per heavy atom. The van der Waals surface area contributed by atoms with Crippen LogP contribution in [0.15, 0.2) is 35.5 Å². The predicted octanol–water partition coefficient (Wildman–Crippen LogP) is 2.50. The lowest BCUT2D eigenvalue weighted by molar-refractivity contribution is -0.119. The molecule has 2 unspecified atom stereocenters. The third-order valence-electron chi connectivity index (χ3n) is 5.61. The Labute approximate surface area is 180 Å². The van der Waals surface area contributed by atoms with E-state index >= 15 is 0 Å². The van der Waals surface area contributed by atoms with Gasteiger partial charge in [-0.3, -0.25) is 4.79 Å². The first-order valence-electron chi connectivity index (χ1n) is 9.90. The highest BCUT2D eigenvalue weighted by Gasteiger charge is 2.48. The number of nitrogens with two attached hydrogens (primary N) is 1. The van der Waals surface area contributed by atoms with Crippen molar-refractivity contribution in [3.8, 4) is 0 Å². The van der Waals surface area contributed by atoms with Gasteiger partial charge >= 0.3 is 0 Å². The molecule has 3 N–H and O–H groups in total. The van der Waals surface area contributed by atoms with E-state index in [0.29, 0.717) is 10.8 Å². The maximum absolute atomic E-state index is 12.5. The number of fused-ring (bicyclic) bond motifs is 1. The molecule has 0 spiro atoms. The molecule has 1 saturated carbocycles. The molecular formula is C20H24ClN5O3S. The first-order valence-corrected chi connectivity index (χ1v) is 11.8. The number of carbonyl (C=O) groups is 1. The second-order valence-corrected chi connectivity index (χ2v) is 10.2. The highest BCUT2D eigenvalue weighted by molar-refractivity contribution is 7.89. The third kappa shape index (κ3) is 3.66. The Morgan fingerprint density at radius 3 is 2.47 bits per heavy atom. The SMILES string of the molecule is CC(C)NS(=O)(=O)c1cnc(C2C(C(N)=O)c3cc(Cl)ccc3N2C2CCC2)nc1. The van der Waals surface area contributed by atoms with Crippen LogP contribution in [0.5, 0.6) is 0 Å². The number of halogens is 1. The van der Waals surface area contributed by atoms with Gasteiger partial charge in [0, 0.05) is 22.8 Å². The van der Waals surface area contributed by atoms with Crippen LogP contribution >= 0.6 is 11.6 Å². The first kappa shape index (κ1) is 21.0. The van der Waals surface area contributed by atoms with Crippen molar-refractivity contribution in [3.63, 3.8) is 0 Å². The van der Waals surface area contributed by atoms with E-state index in [1.807, 2.05) is 6.07 Å². The van der Waals surface area contributed by atoms with E-state index < -0.39 is 27.9 Å². The molecule has 1 aliphatic carbocycles. The molecule has 1 aromatic heterocycles. The van der Waals surface area contributed by atoms with Crippen LogP contribution in [0.3, 0.4) is 0 Å². The summed E-state index contributed by atoms with van der Waals surface area (Å²) in [6.45, 7) is 3.48. The highest BCUT2D eigenvalue weighted by Crippen LogP contribution is 2.52. The second kappa shape index (κ2) is 7.79. The van der Waals surface area contributed by atoms with Crippen molar-refractivity contribution in [2.24, 2.45) is 5.73 Å². The maximum Gasteiger partial charge on any atom is 0.243 e. The van der Waals surface area contributed by atoms with Gasteiger partial charge in [0.05, 0.1) is 18.3 Å². The third-order valence-corrected chi connectivity index (χ3v) is 7.45. The van der Waals surface area contributed by atoms with E-state index in [-0.39, 0.29) is 17.0 Å². The summed E-state index contributed by atoms with van der Waals surface area (Å²) >= 11 is 6.20. The quantitative estimate of drug-likeness (QED) is 0.699. The van der Waals surface area contributed by atoms with Crippen LogP contribution in [0.1, 0.15) is 56.5 Å². The van der Waals surface area contributed by atoms with Crippen LogP contribution in [0, 0.1) is 0 Å². The van der Waals surface area contributed by atoms with E-state index in [4.69, 9.17) is 17.3 Å². The number of hydrogen-bond donors (Lipinski definition) is 2. The van der Waals surface area contributed by atoms with Gasteiger partial charge in [0.25, 0.3) is 0 Å². The number of rotatable bonds is 6. The molecule has 0 bridgehead atoms. The fourth-order valence-electron chi connectivity index (χ4n) is 4.16. The minimum atomic E-state index is -3.71. The Hall–Kier alpha value is -2.23. The fraction of sp³-hybridized carbons (Fsp3) is 0.450. The standard InChI is InChI=1S/C20H24ClN5O3S/c1-11(2)25-30(28,29)14-9-23-20(24-10-14)18-17(19(22)27)15-8-12(21)6-7-16(15)26(18)13-4-3-5-13/h6-11,13,17-18,25H,3-5H2,1-2H3,(H2,22,27).